The minimum atomic E-state index is -0.0161. The monoisotopic (exact) mass is 239 g/mol. The molecule has 5 nitrogen and oxygen atoms in total. The highest BCUT2D eigenvalue weighted by atomic mass is 16.2. The lowest BCUT2D eigenvalue weighted by Crippen LogP contribution is -2.40. The van der Waals surface area contributed by atoms with Gasteiger partial charge in [-0.1, -0.05) is 0 Å². The lowest BCUT2D eigenvalue weighted by Gasteiger charge is -2.19. The van der Waals surface area contributed by atoms with Crippen LogP contribution >= 0.6 is 0 Å². The summed E-state index contributed by atoms with van der Waals surface area (Å²) in [4.78, 5) is 26.9. The summed E-state index contributed by atoms with van der Waals surface area (Å²) in [5, 5.41) is 3.17. The van der Waals surface area contributed by atoms with Crippen LogP contribution < -0.4 is 5.32 Å². The van der Waals surface area contributed by atoms with E-state index in [0.29, 0.717) is 25.4 Å². The van der Waals surface area contributed by atoms with Gasteiger partial charge >= 0.3 is 0 Å². The second-order valence-corrected chi connectivity index (χ2v) is 4.99. The number of amides is 2. The van der Waals surface area contributed by atoms with Crippen molar-refractivity contribution < 1.29 is 9.59 Å². The number of carbonyl (C=O) groups excluding carboxylic acids is 2. The summed E-state index contributed by atoms with van der Waals surface area (Å²) in [6, 6.07) is 0. The number of hydrogen-bond acceptors (Lipinski definition) is 4. The third-order valence-corrected chi connectivity index (χ3v) is 3.60. The van der Waals surface area contributed by atoms with E-state index in [2.05, 4.69) is 10.2 Å². The predicted molar refractivity (Wildman–Crippen MR) is 64.4 cm³/mol. The first-order valence-corrected chi connectivity index (χ1v) is 6.41. The first-order chi connectivity index (χ1) is 8.20. The third kappa shape index (κ3) is 3.04. The average Bonchev–Trinajstić information content (AvgIpc) is 2.88. The molecule has 0 aromatic carbocycles. The van der Waals surface area contributed by atoms with Gasteiger partial charge in [0.15, 0.2) is 0 Å². The molecule has 0 saturated carbocycles. The lowest BCUT2D eigenvalue weighted by atomic mass is 10.1. The van der Waals surface area contributed by atoms with Gasteiger partial charge in [0.1, 0.15) is 0 Å². The molecule has 0 radical (unpaired) electrons. The summed E-state index contributed by atoms with van der Waals surface area (Å²) in [5.74, 6) is 0.626. The van der Waals surface area contributed by atoms with Crippen LogP contribution in [0.2, 0.25) is 0 Å². The minimum Gasteiger partial charge on any atom is -0.319 e. The molecule has 1 unspecified atom stereocenters. The summed E-state index contributed by atoms with van der Waals surface area (Å²) in [6.07, 6.45) is 2.50. The maximum atomic E-state index is 11.9. The molecule has 0 aliphatic carbocycles. The largest absolute Gasteiger partial charge is 0.319 e. The van der Waals surface area contributed by atoms with Crippen LogP contribution in [0.25, 0.3) is 0 Å². The molecule has 0 bridgehead atoms. The SMILES string of the molecule is CNCC1CCN(CC(=O)N2CCCC2=O)C1. The maximum Gasteiger partial charge on any atom is 0.243 e. The molecule has 5 heteroatoms. The summed E-state index contributed by atoms with van der Waals surface area (Å²) >= 11 is 0. The van der Waals surface area contributed by atoms with Gasteiger partial charge < -0.3 is 5.32 Å². The van der Waals surface area contributed by atoms with Crippen molar-refractivity contribution >= 4 is 11.8 Å². The van der Waals surface area contributed by atoms with E-state index in [0.717, 1.165) is 32.5 Å². The van der Waals surface area contributed by atoms with Crippen LogP contribution in [-0.2, 0) is 9.59 Å². The molecule has 2 aliphatic rings. The van der Waals surface area contributed by atoms with Gasteiger partial charge in [0.2, 0.25) is 11.8 Å². The van der Waals surface area contributed by atoms with Gasteiger partial charge in [0, 0.05) is 19.5 Å². The first-order valence-electron chi connectivity index (χ1n) is 6.41. The molecule has 96 valence electrons. The van der Waals surface area contributed by atoms with Gasteiger partial charge in [0.05, 0.1) is 6.54 Å². The second kappa shape index (κ2) is 5.60. The van der Waals surface area contributed by atoms with Gasteiger partial charge in [-0.3, -0.25) is 19.4 Å². The molecule has 0 spiro atoms. The van der Waals surface area contributed by atoms with Crippen LogP contribution in [0.15, 0.2) is 0 Å². The van der Waals surface area contributed by atoms with Crippen molar-refractivity contribution in [1.82, 2.24) is 15.1 Å². The normalized spacial score (nSPS) is 25.8. The Morgan fingerprint density at radius 2 is 2.29 bits per heavy atom. The molecule has 2 saturated heterocycles. The Bertz CT molecular complexity index is 306. The van der Waals surface area contributed by atoms with Gasteiger partial charge in [-0.2, -0.15) is 0 Å². The highest BCUT2D eigenvalue weighted by Crippen LogP contribution is 2.16. The van der Waals surface area contributed by atoms with E-state index in [9.17, 15) is 9.59 Å². The summed E-state index contributed by atoms with van der Waals surface area (Å²) in [7, 11) is 1.96. The number of likely N-dealkylation sites (tertiary alicyclic amines) is 2. The van der Waals surface area contributed by atoms with Gasteiger partial charge in [-0.05, 0) is 38.9 Å². The number of nitrogens with zero attached hydrogens (tertiary/aromatic N) is 2. The number of rotatable bonds is 4. The van der Waals surface area contributed by atoms with Crippen molar-refractivity contribution in [2.75, 3.05) is 39.8 Å². The number of imide groups is 1. The van der Waals surface area contributed by atoms with E-state index in [1.165, 1.54) is 4.90 Å². The molecule has 2 rings (SSSR count). The fraction of sp³-hybridized carbons (Fsp3) is 0.833. The molecule has 2 fully saturated rings. The Morgan fingerprint density at radius 3 is 2.94 bits per heavy atom. The zero-order chi connectivity index (χ0) is 12.3. The minimum absolute atomic E-state index is 0.000900. The number of carbonyl (C=O) groups is 2. The smallest absolute Gasteiger partial charge is 0.243 e. The fourth-order valence-corrected chi connectivity index (χ4v) is 2.70. The maximum absolute atomic E-state index is 11.9. The molecule has 1 N–H and O–H groups in total. The molecule has 2 aliphatic heterocycles. The molecule has 1 atom stereocenters. The Labute approximate surface area is 102 Å². The van der Waals surface area contributed by atoms with Crippen LogP contribution in [0.3, 0.4) is 0 Å². The lowest BCUT2D eigenvalue weighted by molar-refractivity contribution is -0.142. The predicted octanol–water partition coefficient (Wildman–Crippen LogP) is -0.323. The van der Waals surface area contributed by atoms with Crippen LogP contribution in [0.5, 0.6) is 0 Å². The van der Waals surface area contributed by atoms with Crippen molar-refractivity contribution in [3.63, 3.8) is 0 Å². The molecular weight excluding hydrogens is 218 g/mol. The third-order valence-electron chi connectivity index (χ3n) is 3.60. The van der Waals surface area contributed by atoms with Crippen molar-refractivity contribution in [2.24, 2.45) is 5.92 Å². The Balaban J connectivity index is 1.78. The molecule has 0 aromatic rings. The van der Waals surface area contributed by atoms with E-state index < -0.39 is 0 Å². The van der Waals surface area contributed by atoms with Crippen molar-refractivity contribution in [1.29, 1.82) is 0 Å². The van der Waals surface area contributed by atoms with E-state index in [1.807, 2.05) is 7.05 Å². The number of hydrogen-bond donors (Lipinski definition) is 1. The summed E-state index contributed by atoms with van der Waals surface area (Å²) < 4.78 is 0. The van der Waals surface area contributed by atoms with Gasteiger partial charge in [0.25, 0.3) is 0 Å². The Kier molecular flexibility index (Phi) is 4.12. The summed E-state index contributed by atoms with van der Waals surface area (Å²) in [6.45, 7) is 3.97. The molecule has 17 heavy (non-hydrogen) atoms. The van der Waals surface area contributed by atoms with Crippen LogP contribution in [0, 0.1) is 5.92 Å². The molecule has 2 heterocycles. The topological polar surface area (TPSA) is 52.7 Å². The highest BCUT2D eigenvalue weighted by molar-refractivity contribution is 5.97. The van der Waals surface area contributed by atoms with E-state index in [-0.39, 0.29) is 11.8 Å². The quantitative estimate of drug-likeness (QED) is 0.730. The van der Waals surface area contributed by atoms with Crippen molar-refractivity contribution in [3.8, 4) is 0 Å². The van der Waals surface area contributed by atoms with Gasteiger partial charge in [-0.25, -0.2) is 0 Å². The van der Waals surface area contributed by atoms with E-state index >= 15 is 0 Å². The molecule has 2 amide bonds. The Hall–Kier alpha value is -0.940. The Morgan fingerprint density at radius 1 is 1.47 bits per heavy atom. The highest BCUT2D eigenvalue weighted by Gasteiger charge is 2.29. The van der Waals surface area contributed by atoms with E-state index in [1.54, 1.807) is 0 Å². The molecule has 0 aromatic heterocycles. The van der Waals surface area contributed by atoms with Crippen molar-refractivity contribution in [3.05, 3.63) is 0 Å². The molecular formula is C12H21N3O2. The zero-order valence-electron chi connectivity index (χ0n) is 10.4. The first kappa shape index (κ1) is 12.5. The van der Waals surface area contributed by atoms with Crippen LogP contribution in [0.1, 0.15) is 19.3 Å². The van der Waals surface area contributed by atoms with Crippen molar-refractivity contribution in [2.45, 2.75) is 19.3 Å². The standard InChI is InChI=1S/C12H21N3O2/c1-13-7-10-4-6-14(8-10)9-12(17)15-5-2-3-11(15)16/h10,13H,2-9H2,1H3. The van der Waals surface area contributed by atoms with E-state index in [4.69, 9.17) is 0 Å². The van der Waals surface area contributed by atoms with Gasteiger partial charge in [-0.15, -0.1) is 0 Å². The zero-order valence-corrected chi connectivity index (χ0v) is 10.4. The van der Waals surface area contributed by atoms with Crippen LogP contribution in [0.4, 0.5) is 0 Å². The van der Waals surface area contributed by atoms with Crippen LogP contribution in [-0.4, -0.2) is 61.4 Å². The second-order valence-electron chi connectivity index (χ2n) is 4.99. The number of nitrogens with one attached hydrogen (secondary N) is 1. The fourth-order valence-electron chi connectivity index (χ4n) is 2.70. The summed E-state index contributed by atoms with van der Waals surface area (Å²) in [5.41, 5.74) is 0. The average molecular weight is 239 g/mol.